The number of ether oxygens (including phenoxy) is 2. The number of halogens is 1. The van der Waals surface area contributed by atoms with Gasteiger partial charge in [-0.2, -0.15) is 0 Å². The molecule has 1 aromatic rings. The molecule has 1 aliphatic heterocycles. The molecule has 0 aromatic heterocycles. The number of nitrogens with one attached hydrogen (secondary N) is 1. The van der Waals surface area contributed by atoms with E-state index in [0.717, 1.165) is 12.8 Å². The van der Waals surface area contributed by atoms with E-state index in [1.807, 2.05) is 0 Å². The van der Waals surface area contributed by atoms with E-state index in [1.165, 1.54) is 18.2 Å². The summed E-state index contributed by atoms with van der Waals surface area (Å²) in [6.07, 6.45) is 0.978. The van der Waals surface area contributed by atoms with E-state index in [-0.39, 0.29) is 23.1 Å². The number of hydrogen-bond acceptors (Lipinski definition) is 6. The molecule has 124 valence electrons. The average molecular weight is 404 g/mol. The Morgan fingerprint density at radius 2 is 2.04 bits per heavy atom. The predicted octanol–water partition coefficient (Wildman–Crippen LogP) is 1.36. The van der Waals surface area contributed by atoms with E-state index in [1.54, 1.807) is 0 Å². The number of rotatable bonds is 5. The van der Waals surface area contributed by atoms with Gasteiger partial charge in [0, 0.05) is 16.9 Å². The summed E-state index contributed by atoms with van der Waals surface area (Å²) in [6.45, 7) is 0.206. The van der Waals surface area contributed by atoms with Crippen molar-refractivity contribution >= 4 is 37.9 Å². The van der Waals surface area contributed by atoms with Crippen LogP contribution in [0.25, 0.3) is 0 Å². The molecule has 7 nitrogen and oxygen atoms in total. The highest BCUT2D eigenvalue weighted by atomic mass is 79.9. The second-order valence-corrected chi connectivity index (χ2v) is 7.96. The second-order valence-electron chi connectivity index (χ2n) is 5.39. The third-order valence-corrected chi connectivity index (χ3v) is 5.71. The van der Waals surface area contributed by atoms with Gasteiger partial charge < -0.3 is 9.47 Å². The van der Waals surface area contributed by atoms with Crippen LogP contribution < -0.4 is 4.72 Å². The number of cyclic esters (lactones) is 1. The van der Waals surface area contributed by atoms with Crippen LogP contribution in [-0.2, 0) is 24.3 Å². The zero-order valence-electron chi connectivity index (χ0n) is 12.0. The summed E-state index contributed by atoms with van der Waals surface area (Å²) in [6, 6.07) is 4.06. The lowest BCUT2D eigenvalue weighted by Gasteiger charge is -2.11. The fourth-order valence-corrected chi connectivity index (χ4v) is 3.83. The SMILES string of the molecule is O=C(O[C@@H]1CCOC1=O)c1cc(S(=O)(=O)NC2CC2)ccc1Br. The van der Waals surface area contributed by atoms with Gasteiger partial charge in [0.25, 0.3) is 0 Å². The molecular formula is C14H14BrNO6S. The van der Waals surface area contributed by atoms with Gasteiger partial charge in [0.05, 0.1) is 17.1 Å². The summed E-state index contributed by atoms with van der Waals surface area (Å²) in [7, 11) is -3.68. The van der Waals surface area contributed by atoms with E-state index < -0.39 is 28.1 Å². The van der Waals surface area contributed by atoms with Gasteiger partial charge >= 0.3 is 11.9 Å². The first-order valence-corrected chi connectivity index (χ1v) is 9.34. The normalized spacial score (nSPS) is 21.1. The lowest BCUT2D eigenvalue weighted by Crippen LogP contribution is -2.26. The van der Waals surface area contributed by atoms with E-state index in [2.05, 4.69) is 20.7 Å². The van der Waals surface area contributed by atoms with Crippen molar-refractivity contribution in [3.8, 4) is 0 Å². The molecule has 0 amide bonds. The van der Waals surface area contributed by atoms with Crippen molar-refractivity contribution in [1.29, 1.82) is 0 Å². The Morgan fingerprint density at radius 1 is 1.30 bits per heavy atom. The molecule has 1 saturated carbocycles. The first-order chi connectivity index (χ1) is 10.9. The van der Waals surface area contributed by atoms with Crippen LogP contribution in [0.5, 0.6) is 0 Å². The number of hydrogen-bond donors (Lipinski definition) is 1. The second kappa shape index (κ2) is 6.21. The molecule has 1 heterocycles. The van der Waals surface area contributed by atoms with E-state index in [4.69, 9.17) is 9.47 Å². The van der Waals surface area contributed by atoms with Crippen molar-refractivity contribution in [1.82, 2.24) is 4.72 Å². The Balaban J connectivity index is 1.82. The Kier molecular flexibility index (Phi) is 4.43. The molecule has 1 aliphatic carbocycles. The zero-order chi connectivity index (χ0) is 16.6. The monoisotopic (exact) mass is 403 g/mol. The minimum atomic E-state index is -3.68. The van der Waals surface area contributed by atoms with Gasteiger partial charge in [-0.05, 0) is 47.0 Å². The number of carbonyl (C=O) groups is 2. The van der Waals surface area contributed by atoms with Crippen molar-refractivity contribution in [3.63, 3.8) is 0 Å². The fraction of sp³-hybridized carbons (Fsp3) is 0.429. The van der Waals surface area contributed by atoms with Crippen molar-refractivity contribution in [2.45, 2.75) is 36.3 Å². The molecule has 1 aromatic carbocycles. The van der Waals surface area contributed by atoms with Gasteiger partial charge in [0.15, 0.2) is 0 Å². The van der Waals surface area contributed by atoms with Crippen molar-refractivity contribution in [2.75, 3.05) is 6.61 Å². The summed E-state index contributed by atoms with van der Waals surface area (Å²) < 4.78 is 37.2. The van der Waals surface area contributed by atoms with Crippen LogP contribution in [0, 0.1) is 0 Å². The number of esters is 2. The molecule has 1 atom stereocenters. The van der Waals surface area contributed by atoms with Gasteiger partial charge in [-0.3, -0.25) is 0 Å². The molecule has 3 rings (SSSR count). The van der Waals surface area contributed by atoms with Crippen LogP contribution in [0.15, 0.2) is 27.6 Å². The third-order valence-electron chi connectivity index (χ3n) is 3.50. The smallest absolute Gasteiger partial charge is 0.347 e. The molecule has 2 fully saturated rings. The number of carbonyl (C=O) groups excluding carboxylic acids is 2. The highest BCUT2D eigenvalue weighted by Crippen LogP contribution is 2.26. The predicted molar refractivity (Wildman–Crippen MR) is 82.3 cm³/mol. The summed E-state index contributed by atoms with van der Waals surface area (Å²) in [5.41, 5.74) is 0.0448. The Hall–Kier alpha value is -1.45. The number of sulfonamides is 1. The standard InChI is InChI=1S/C14H14BrNO6S/c15-11-4-3-9(23(19,20)16-8-1-2-8)7-10(11)13(17)22-12-5-6-21-14(12)18/h3-4,7-8,12,16H,1-2,5-6H2/t12-/m1/s1. The summed E-state index contributed by atoms with van der Waals surface area (Å²) in [4.78, 5) is 23.5. The van der Waals surface area contributed by atoms with Crippen LogP contribution in [0.3, 0.4) is 0 Å². The van der Waals surface area contributed by atoms with E-state index in [0.29, 0.717) is 10.9 Å². The maximum absolute atomic E-state index is 12.2. The summed E-state index contributed by atoms with van der Waals surface area (Å²) in [5.74, 6) is -1.36. The van der Waals surface area contributed by atoms with Crippen LogP contribution in [0.1, 0.15) is 29.6 Å². The van der Waals surface area contributed by atoms with E-state index in [9.17, 15) is 18.0 Å². The average Bonchev–Trinajstić information content (AvgIpc) is 3.20. The number of benzene rings is 1. The van der Waals surface area contributed by atoms with Crippen molar-refractivity contribution in [2.24, 2.45) is 0 Å². The van der Waals surface area contributed by atoms with E-state index >= 15 is 0 Å². The van der Waals surface area contributed by atoms with Crippen LogP contribution in [0.4, 0.5) is 0 Å². The summed E-state index contributed by atoms with van der Waals surface area (Å²) in [5, 5.41) is 0. The van der Waals surface area contributed by atoms with Crippen LogP contribution in [-0.4, -0.2) is 39.1 Å². The zero-order valence-corrected chi connectivity index (χ0v) is 14.4. The topological polar surface area (TPSA) is 98.8 Å². The van der Waals surface area contributed by atoms with Gasteiger partial charge in [-0.15, -0.1) is 0 Å². The minimum Gasteiger partial charge on any atom is -0.463 e. The highest BCUT2D eigenvalue weighted by Gasteiger charge is 2.32. The molecular weight excluding hydrogens is 390 g/mol. The first kappa shape index (κ1) is 16.4. The molecule has 0 bridgehead atoms. The quantitative estimate of drug-likeness (QED) is 0.745. The Morgan fingerprint density at radius 3 is 2.65 bits per heavy atom. The molecule has 0 radical (unpaired) electrons. The van der Waals surface area contributed by atoms with Gasteiger partial charge in [0.1, 0.15) is 0 Å². The largest absolute Gasteiger partial charge is 0.463 e. The molecule has 1 N–H and O–H groups in total. The van der Waals surface area contributed by atoms with Gasteiger partial charge in [0.2, 0.25) is 16.1 Å². The van der Waals surface area contributed by atoms with Gasteiger partial charge in [-0.1, -0.05) is 0 Å². The molecule has 0 spiro atoms. The Labute approximate surface area is 141 Å². The summed E-state index contributed by atoms with van der Waals surface area (Å²) >= 11 is 3.19. The lowest BCUT2D eigenvalue weighted by atomic mass is 10.2. The maximum Gasteiger partial charge on any atom is 0.347 e. The first-order valence-electron chi connectivity index (χ1n) is 7.06. The van der Waals surface area contributed by atoms with Crippen molar-refractivity contribution in [3.05, 3.63) is 28.2 Å². The molecule has 23 heavy (non-hydrogen) atoms. The third kappa shape index (κ3) is 3.73. The van der Waals surface area contributed by atoms with Crippen molar-refractivity contribution < 1.29 is 27.5 Å². The fourth-order valence-electron chi connectivity index (χ4n) is 2.09. The lowest BCUT2D eigenvalue weighted by molar-refractivity contribution is -0.145. The molecule has 2 aliphatic rings. The van der Waals surface area contributed by atoms with Crippen LogP contribution in [0.2, 0.25) is 0 Å². The molecule has 9 heteroatoms. The maximum atomic E-state index is 12.2. The van der Waals surface area contributed by atoms with Crippen LogP contribution >= 0.6 is 15.9 Å². The minimum absolute atomic E-state index is 0.0199. The Bertz CT molecular complexity index is 759. The van der Waals surface area contributed by atoms with Gasteiger partial charge in [-0.25, -0.2) is 22.7 Å². The highest BCUT2D eigenvalue weighted by molar-refractivity contribution is 9.10. The molecule has 0 unspecified atom stereocenters. The molecule has 1 saturated heterocycles.